The van der Waals surface area contributed by atoms with E-state index in [0.29, 0.717) is 0 Å². The molecule has 0 amide bonds. The van der Waals surface area contributed by atoms with Crippen molar-refractivity contribution in [1.29, 1.82) is 0 Å². The van der Waals surface area contributed by atoms with Crippen molar-refractivity contribution >= 4 is 6.08 Å². The highest BCUT2D eigenvalue weighted by atomic mass is 19.4. The predicted octanol–water partition coefficient (Wildman–Crippen LogP) is 4.76. The number of benzene rings is 2. The highest BCUT2D eigenvalue weighted by Crippen LogP contribution is 2.26. The third-order valence-electron chi connectivity index (χ3n) is 3.36. The summed E-state index contributed by atoms with van der Waals surface area (Å²) >= 11 is 0. The summed E-state index contributed by atoms with van der Waals surface area (Å²) in [5.41, 5.74) is 1.61. The first-order valence-corrected chi connectivity index (χ1v) is 7.01. The minimum atomic E-state index is -4.31. The van der Waals surface area contributed by atoms with Crippen LogP contribution in [-0.2, 0) is 6.54 Å². The lowest BCUT2D eigenvalue weighted by Crippen LogP contribution is -2.41. The van der Waals surface area contributed by atoms with E-state index in [-0.39, 0.29) is 6.54 Å². The predicted molar refractivity (Wildman–Crippen MR) is 83.2 cm³/mol. The van der Waals surface area contributed by atoms with Crippen LogP contribution >= 0.6 is 0 Å². The Balaban J connectivity index is 2.14. The van der Waals surface area contributed by atoms with Gasteiger partial charge in [0.1, 0.15) is 6.04 Å². The molecule has 0 saturated heterocycles. The van der Waals surface area contributed by atoms with Crippen LogP contribution in [0.3, 0.4) is 0 Å². The van der Waals surface area contributed by atoms with Crippen molar-refractivity contribution in [2.45, 2.75) is 18.8 Å². The highest BCUT2D eigenvalue weighted by Gasteiger charge is 2.40. The standard InChI is InChI=1S/C18H18F3N/c1-22(14-16-10-6-3-7-11-16)17(18(19,20)21)13-12-15-8-4-2-5-9-15/h2-13,17H,14H2,1H3/b13-12+/t17-/m0/s1. The number of rotatable bonds is 5. The van der Waals surface area contributed by atoms with Gasteiger partial charge in [0.2, 0.25) is 0 Å². The quantitative estimate of drug-likeness (QED) is 0.769. The van der Waals surface area contributed by atoms with Gasteiger partial charge in [0.25, 0.3) is 0 Å². The Morgan fingerprint density at radius 3 is 2.05 bits per heavy atom. The first-order chi connectivity index (χ1) is 10.5. The van der Waals surface area contributed by atoms with E-state index in [2.05, 4.69) is 0 Å². The zero-order valence-corrected chi connectivity index (χ0v) is 12.3. The summed E-state index contributed by atoms with van der Waals surface area (Å²) in [4.78, 5) is 1.30. The molecule has 4 heteroatoms. The number of hydrogen-bond donors (Lipinski definition) is 0. The molecule has 0 aromatic heterocycles. The lowest BCUT2D eigenvalue weighted by Gasteiger charge is -2.27. The lowest BCUT2D eigenvalue weighted by molar-refractivity contribution is -0.167. The zero-order chi connectivity index (χ0) is 16.0. The van der Waals surface area contributed by atoms with Crippen LogP contribution in [0, 0.1) is 0 Å². The van der Waals surface area contributed by atoms with Crippen molar-refractivity contribution in [3.63, 3.8) is 0 Å². The zero-order valence-electron chi connectivity index (χ0n) is 12.3. The molecule has 0 aliphatic heterocycles. The topological polar surface area (TPSA) is 3.24 Å². The van der Waals surface area contributed by atoms with Crippen LogP contribution in [0.15, 0.2) is 66.7 Å². The Labute approximate surface area is 128 Å². The molecule has 0 spiro atoms. The van der Waals surface area contributed by atoms with Crippen molar-refractivity contribution in [3.05, 3.63) is 77.9 Å². The Morgan fingerprint density at radius 2 is 1.50 bits per heavy atom. The smallest absolute Gasteiger partial charge is 0.288 e. The molecule has 2 aromatic carbocycles. The molecule has 0 N–H and O–H groups in total. The molecule has 1 atom stereocenters. The number of halogens is 3. The largest absolute Gasteiger partial charge is 0.407 e. The van der Waals surface area contributed by atoms with Gasteiger partial charge >= 0.3 is 6.18 Å². The molecule has 0 heterocycles. The second-order valence-corrected chi connectivity index (χ2v) is 5.16. The van der Waals surface area contributed by atoms with Gasteiger partial charge in [-0.25, -0.2) is 0 Å². The molecule has 2 rings (SSSR count). The Morgan fingerprint density at radius 1 is 0.955 bits per heavy atom. The monoisotopic (exact) mass is 305 g/mol. The fraction of sp³-hybridized carbons (Fsp3) is 0.222. The van der Waals surface area contributed by atoms with E-state index in [1.165, 1.54) is 24.1 Å². The van der Waals surface area contributed by atoms with Crippen molar-refractivity contribution in [2.75, 3.05) is 7.05 Å². The van der Waals surface area contributed by atoms with Crippen LogP contribution in [0.2, 0.25) is 0 Å². The first kappa shape index (κ1) is 16.3. The van der Waals surface area contributed by atoms with E-state index >= 15 is 0 Å². The summed E-state index contributed by atoms with van der Waals surface area (Å²) in [5, 5.41) is 0. The molecular formula is C18H18F3N. The van der Waals surface area contributed by atoms with Crippen molar-refractivity contribution < 1.29 is 13.2 Å². The highest BCUT2D eigenvalue weighted by molar-refractivity contribution is 5.49. The van der Waals surface area contributed by atoms with Crippen LogP contribution in [0.5, 0.6) is 0 Å². The van der Waals surface area contributed by atoms with E-state index in [1.807, 2.05) is 36.4 Å². The van der Waals surface area contributed by atoms with E-state index in [1.54, 1.807) is 24.3 Å². The van der Waals surface area contributed by atoms with Crippen LogP contribution in [0.1, 0.15) is 11.1 Å². The summed E-state index contributed by atoms with van der Waals surface area (Å²) in [6.07, 6.45) is -1.59. The Hall–Kier alpha value is -2.07. The maximum absolute atomic E-state index is 13.3. The van der Waals surface area contributed by atoms with E-state index < -0.39 is 12.2 Å². The van der Waals surface area contributed by atoms with Gasteiger partial charge in [-0.05, 0) is 18.2 Å². The SMILES string of the molecule is CN(Cc1ccccc1)[C@@H](/C=C/c1ccccc1)C(F)(F)F. The summed E-state index contributed by atoms with van der Waals surface area (Å²) in [7, 11) is 1.49. The van der Waals surface area contributed by atoms with Gasteiger partial charge in [0.05, 0.1) is 0 Å². The third kappa shape index (κ3) is 4.74. The molecule has 0 fully saturated rings. The van der Waals surface area contributed by atoms with Gasteiger partial charge < -0.3 is 0 Å². The van der Waals surface area contributed by atoms with Crippen molar-refractivity contribution in [2.24, 2.45) is 0 Å². The molecule has 0 radical (unpaired) electrons. The number of alkyl halides is 3. The van der Waals surface area contributed by atoms with Crippen LogP contribution in [-0.4, -0.2) is 24.2 Å². The molecule has 1 nitrogen and oxygen atoms in total. The van der Waals surface area contributed by atoms with Gasteiger partial charge in [-0.15, -0.1) is 0 Å². The first-order valence-electron chi connectivity index (χ1n) is 7.01. The fourth-order valence-corrected chi connectivity index (χ4v) is 2.24. The summed E-state index contributed by atoms with van der Waals surface area (Å²) in [6.45, 7) is 0.240. The average molecular weight is 305 g/mol. The summed E-state index contributed by atoms with van der Waals surface area (Å²) in [6, 6.07) is 16.5. The number of hydrogen-bond acceptors (Lipinski definition) is 1. The van der Waals surface area contributed by atoms with Crippen LogP contribution in [0.4, 0.5) is 13.2 Å². The van der Waals surface area contributed by atoms with Gasteiger partial charge in [-0.2, -0.15) is 13.2 Å². The summed E-state index contributed by atoms with van der Waals surface area (Å²) < 4.78 is 39.8. The van der Waals surface area contributed by atoms with E-state index in [0.717, 1.165) is 11.1 Å². The van der Waals surface area contributed by atoms with Gasteiger partial charge in [0, 0.05) is 6.54 Å². The fourth-order valence-electron chi connectivity index (χ4n) is 2.24. The Bertz CT molecular complexity index is 591. The summed E-state index contributed by atoms with van der Waals surface area (Å²) in [5.74, 6) is 0. The second kappa shape index (κ2) is 7.27. The maximum Gasteiger partial charge on any atom is 0.407 e. The molecular weight excluding hydrogens is 287 g/mol. The maximum atomic E-state index is 13.3. The average Bonchev–Trinajstić information content (AvgIpc) is 2.48. The molecule has 0 saturated carbocycles. The van der Waals surface area contributed by atoms with E-state index in [4.69, 9.17) is 0 Å². The van der Waals surface area contributed by atoms with Crippen molar-refractivity contribution in [3.8, 4) is 0 Å². The Kier molecular flexibility index (Phi) is 5.39. The molecule has 22 heavy (non-hydrogen) atoms. The number of nitrogens with zero attached hydrogens (tertiary/aromatic N) is 1. The molecule has 2 aromatic rings. The molecule has 0 aliphatic carbocycles. The molecule has 0 bridgehead atoms. The molecule has 116 valence electrons. The second-order valence-electron chi connectivity index (χ2n) is 5.16. The minimum absolute atomic E-state index is 0.240. The van der Waals surface area contributed by atoms with Crippen LogP contribution in [0.25, 0.3) is 6.08 Å². The number of likely N-dealkylation sites (N-methyl/N-ethyl adjacent to an activating group) is 1. The van der Waals surface area contributed by atoms with Gasteiger partial charge in [-0.3, -0.25) is 4.90 Å². The van der Waals surface area contributed by atoms with Gasteiger partial charge in [-0.1, -0.05) is 72.8 Å². The minimum Gasteiger partial charge on any atom is -0.288 e. The molecule has 0 aliphatic rings. The van der Waals surface area contributed by atoms with Gasteiger partial charge in [0.15, 0.2) is 0 Å². The lowest BCUT2D eigenvalue weighted by atomic mass is 10.1. The normalized spacial score (nSPS) is 13.7. The third-order valence-corrected chi connectivity index (χ3v) is 3.36. The molecule has 0 unspecified atom stereocenters. The van der Waals surface area contributed by atoms with Crippen LogP contribution < -0.4 is 0 Å². The van der Waals surface area contributed by atoms with Crippen molar-refractivity contribution in [1.82, 2.24) is 4.90 Å². The van der Waals surface area contributed by atoms with E-state index in [9.17, 15) is 13.2 Å².